The number of hydrogen-bond donors (Lipinski definition) is 0. The zero-order valence-electron chi connectivity index (χ0n) is 21.3. The van der Waals surface area contributed by atoms with E-state index in [1.165, 1.54) is 5.56 Å². The molecule has 0 N–H and O–H groups in total. The number of carbonyl (C=O) groups excluding carboxylic acids is 1. The number of ether oxygens (including phenoxy) is 2. The number of carbonyl (C=O) groups is 1. The standard InChI is InChI=1S/C28H38N2O4/c1-8-10-23(9-2)19-34-26-25(24-21(4)17-20(3)18-22(24)5)27(31)30(15-16-32-6)28(26)11-13-29(33-7)14-12-28/h8-10,17-18H,1-2,11-16,19H2,3-7H3/b23-10+. The van der Waals surface area contributed by atoms with Crippen LogP contribution in [0.25, 0.3) is 5.57 Å². The first-order chi connectivity index (χ1) is 16.3. The molecule has 0 bridgehead atoms. The van der Waals surface area contributed by atoms with E-state index >= 15 is 0 Å². The molecule has 6 heteroatoms. The third-order valence-electron chi connectivity index (χ3n) is 6.86. The summed E-state index contributed by atoms with van der Waals surface area (Å²) in [4.78, 5) is 21.6. The Morgan fingerprint density at radius 2 is 1.76 bits per heavy atom. The quantitative estimate of drug-likeness (QED) is 0.475. The van der Waals surface area contributed by atoms with Crippen molar-refractivity contribution in [3.05, 3.63) is 77.1 Å². The van der Waals surface area contributed by atoms with Gasteiger partial charge in [0, 0.05) is 26.7 Å². The minimum absolute atomic E-state index is 0.000762. The van der Waals surface area contributed by atoms with E-state index in [4.69, 9.17) is 14.3 Å². The third kappa shape index (κ3) is 4.90. The fourth-order valence-corrected chi connectivity index (χ4v) is 5.30. The number of nitrogens with zero attached hydrogens (tertiary/aromatic N) is 2. The lowest BCUT2D eigenvalue weighted by Crippen LogP contribution is -2.56. The van der Waals surface area contributed by atoms with E-state index in [9.17, 15) is 4.79 Å². The Kier molecular flexibility index (Phi) is 8.52. The van der Waals surface area contributed by atoms with Crippen LogP contribution in [0, 0.1) is 20.8 Å². The van der Waals surface area contributed by atoms with Crippen LogP contribution >= 0.6 is 0 Å². The van der Waals surface area contributed by atoms with Crippen LogP contribution < -0.4 is 0 Å². The van der Waals surface area contributed by atoms with E-state index in [1.807, 2.05) is 16.0 Å². The highest BCUT2D eigenvalue weighted by Crippen LogP contribution is 2.48. The fourth-order valence-electron chi connectivity index (χ4n) is 5.30. The number of piperidine rings is 1. The minimum Gasteiger partial charge on any atom is -0.490 e. The van der Waals surface area contributed by atoms with Crippen LogP contribution in [0.5, 0.6) is 0 Å². The molecule has 3 rings (SSSR count). The van der Waals surface area contributed by atoms with Crippen LogP contribution in [0.4, 0.5) is 0 Å². The topological polar surface area (TPSA) is 51.2 Å². The van der Waals surface area contributed by atoms with Crippen molar-refractivity contribution in [2.75, 3.05) is 47.1 Å². The van der Waals surface area contributed by atoms with Crippen molar-refractivity contribution in [3.63, 3.8) is 0 Å². The van der Waals surface area contributed by atoms with Gasteiger partial charge in [-0.1, -0.05) is 49.1 Å². The summed E-state index contributed by atoms with van der Waals surface area (Å²) in [6.07, 6.45) is 6.81. The number of amides is 1. The number of allylic oxidation sites excluding steroid dienone is 2. The molecule has 2 heterocycles. The molecule has 0 radical (unpaired) electrons. The van der Waals surface area contributed by atoms with Gasteiger partial charge in [-0.3, -0.25) is 4.79 Å². The summed E-state index contributed by atoms with van der Waals surface area (Å²) < 4.78 is 12.0. The van der Waals surface area contributed by atoms with Crippen molar-refractivity contribution < 1.29 is 19.1 Å². The monoisotopic (exact) mass is 466 g/mol. The predicted octanol–water partition coefficient (Wildman–Crippen LogP) is 4.52. The Morgan fingerprint density at radius 3 is 2.29 bits per heavy atom. The summed E-state index contributed by atoms with van der Waals surface area (Å²) in [6, 6.07) is 4.26. The molecule has 0 atom stereocenters. The molecule has 2 aliphatic rings. The van der Waals surface area contributed by atoms with E-state index < -0.39 is 5.54 Å². The number of hydrogen-bond acceptors (Lipinski definition) is 5. The van der Waals surface area contributed by atoms with Crippen molar-refractivity contribution in [2.24, 2.45) is 0 Å². The lowest BCUT2D eigenvalue weighted by Gasteiger charge is -2.45. The van der Waals surface area contributed by atoms with Crippen LogP contribution in [-0.2, 0) is 19.1 Å². The van der Waals surface area contributed by atoms with Gasteiger partial charge in [0.1, 0.15) is 17.9 Å². The molecular formula is C28H38N2O4. The van der Waals surface area contributed by atoms with Gasteiger partial charge >= 0.3 is 0 Å². The van der Waals surface area contributed by atoms with E-state index in [1.54, 1.807) is 26.4 Å². The van der Waals surface area contributed by atoms with E-state index in [2.05, 4.69) is 46.1 Å². The SMILES string of the molecule is C=C/C=C(\C=C)COC1=C(c2c(C)cc(C)cc2C)C(=O)N(CCOC)C12CCN(OC)CC2. The van der Waals surface area contributed by atoms with Crippen LogP contribution in [-0.4, -0.2) is 68.5 Å². The van der Waals surface area contributed by atoms with Gasteiger partial charge in [0.05, 0.1) is 19.3 Å². The number of rotatable bonds is 10. The van der Waals surface area contributed by atoms with Gasteiger partial charge in [-0.15, -0.1) is 0 Å². The van der Waals surface area contributed by atoms with Gasteiger partial charge in [0.2, 0.25) is 0 Å². The Bertz CT molecular complexity index is 977. The molecular weight excluding hydrogens is 428 g/mol. The van der Waals surface area contributed by atoms with Crippen molar-refractivity contribution in [3.8, 4) is 0 Å². The molecule has 1 amide bonds. The van der Waals surface area contributed by atoms with Gasteiger partial charge in [-0.2, -0.15) is 5.06 Å². The largest absolute Gasteiger partial charge is 0.490 e. The minimum atomic E-state index is -0.551. The Labute approximate surface area is 204 Å². The van der Waals surface area contributed by atoms with Gasteiger partial charge in [-0.25, -0.2) is 0 Å². The van der Waals surface area contributed by atoms with Crippen molar-refractivity contribution in [2.45, 2.75) is 39.2 Å². The van der Waals surface area contributed by atoms with Gasteiger partial charge < -0.3 is 19.2 Å². The Hall–Kier alpha value is -2.67. The summed E-state index contributed by atoms with van der Waals surface area (Å²) in [7, 11) is 3.35. The lowest BCUT2D eigenvalue weighted by molar-refractivity contribution is -0.165. The summed E-state index contributed by atoms with van der Waals surface area (Å²) in [5.41, 5.74) is 5.31. The highest BCUT2D eigenvalue weighted by atomic mass is 16.7. The normalized spacial score (nSPS) is 18.7. The van der Waals surface area contributed by atoms with Crippen molar-refractivity contribution in [1.82, 2.24) is 9.96 Å². The van der Waals surface area contributed by atoms with Gasteiger partial charge in [0.15, 0.2) is 0 Å². The zero-order chi connectivity index (χ0) is 24.9. The Morgan fingerprint density at radius 1 is 1.12 bits per heavy atom. The average molecular weight is 467 g/mol. The zero-order valence-corrected chi connectivity index (χ0v) is 21.3. The highest BCUT2D eigenvalue weighted by Gasteiger charge is 2.54. The Balaban J connectivity index is 2.20. The molecule has 34 heavy (non-hydrogen) atoms. The first-order valence-corrected chi connectivity index (χ1v) is 11.8. The molecule has 0 unspecified atom stereocenters. The smallest absolute Gasteiger partial charge is 0.258 e. The van der Waals surface area contributed by atoms with Crippen LogP contribution in [0.3, 0.4) is 0 Å². The summed E-state index contributed by atoms with van der Waals surface area (Å²) in [5.74, 6) is 0.747. The maximum atomic E-state index is 14.1. The number of aryl methyl sites for hydroxylation is 3. The summed E-state index contributed by atoms with van der Waals surface area (Å²) in [5, 5.41) is 1.94. The highest BCUT2D eigenvalue weighted by molar-refractivity contribution is 6.24. The molecule has 2 aliphatic heterocycles. The molecule has 0 aromatic heterocycles. The number of benzene rings is 1. The van der Waals surface area contributed by atoms with Gasteiger partial charge in [0.25, 0.3) is 5.91 Å². The first kappa shape index (κ1) is 25.9. The molecule has 184 valence electrons. The molecule has 1 saturated heterocycles. The fraction of sp³-hybridized carbons (Fsp3) is 0.464. The van der Waals surface area contributed by atoms with Crippen molar-refractivity contribution in [1.29, 1.82) is 0 Å². The molecule has 1 aromatic rings. The van der Waals surface area contributed by atoms with Crippen molar-refractivity contribution >= 4 is 11.5 Å². The number of methoxy groups -OCH3 is 1. The van der Waals surface area contributed by atoms with E-state index in [0.29, 0.717) is 51.3 Å². The van der Waals surface area contributed by atoms with E-state index in [-0.39, 0.29) is 5.91 Å². The molecule has 1 aromatic carbocycles. The summed E-state index contributed by atoms with van der Waals surface area (Å²) >= 11 is 0. The lowest BCUT2D eigenvalue weighted by atomic mass is 9.84. The second-order valence-electron chi connectivity index (χ2n) is 9.04. The van der Waals surface area contributed by atoms with Crippen LogP contribution in [0.2, 0.25) is 0 Å². The third-order valence-corrected chi connectivity index (χ3v) is 6.86. The molecule has 0 aliphatic carbocycles. The second kappa shape index (κ2) is 11.2. The summed E-state index contributed by atoms with van der Waals surface area (Å²) in [6.45, 7) is 16.6. The molecule has 1 fully saturated rings. The maximum absolute atomic E-state index is 14.1. The van der Waals surface area contributed by atoms with Crippen LogP contribution in [0.15, 0.2) is 54.9 Å². The average Bonchev–Trinajstić information content (AvgIpc) is 3.02. The predicted molar refractivity (Wildman–Crippen MR) is 136 cm³/mol. The molecule has 1 spiro atoms. The second-order valence-corrected chi connectivity index (χ2v) is 9.04. The van der Waals surface area contributed by atoms with E-state index in [0.717, 1.165) is 28.0 Å². The molecule has 6 nitrogen and oxygen atoms in total. The first-order valence-electron chi connectivity index (χ1n) is 11.8. The number of hydroxylamine groups is 2. The molecule has 0 saturated carbocycles. The van der Waals surface area contributed by atoms with Crippen LogP contribution in [0.1, 0.15) is 35.1 Å². The van der Waals surface area contributed by atoms with Gasteiger partial charge in [-0.05, 0) is 55.9 Å². The maximum Gasteiger partial charge on any atom is 0.258 e.